The van der Waals surface area contributed by atoms with Gasteiger partial charge in [-0.25, -0.2) is 4.98 Å². The minimum absolute atomic E-state index is 0.0628. The fourth-order valence-electron chi connectivity index (χ4n) is 2.36. The average molecular weight is 348 g/mol. The number of carbonyl (C=O) groups is 1. The van der Waals surface area contributed by atoms with Gasteiger partial charge in [0.15, 0.2) is 5.78 Å². The van der Waals surface area contributed by atoms with Crippen molar-refractivity contribution in [2.45, 2.75) is 19.0 Å². The van der Waals surface area contributed by atoms with Gasteiger partial charge in [0.2, 0.25) is 0 Å². The van der Waals surface area contributed by atoms with E-state index in [4.69, 9.17) is 11.6 Å². The Bertz CT molecular complexity index is 757. The van der Waals surface area contributed by atoms with Crippen LogP contribution < -0.4 is 0 Å². The zero-order valence-corrected chi connectivity index (χ0v) is 12.5. The molecule has 1 aliphatic rings. The van der Waals surface area contributed by atoms with Crippen LogP contribution in [0.5, 0.6) is 5.75 Å². The van der Waals surface area contributed by atoms with Crippen LogP contribution in [-0.2, 0) is 6.42 Å². The lowest BCUT2D eigenvalue weighted by molar-refractivity contribution is -0.162. The molecule has 0 radical (unpaired) electrons. The van der Waals surface area contributed by atoms with Crippen LogP contribution in [0.25, 0.3) is 10.6 Å². The maximum Gasteiger partial charge on any atom is 0.399 e. The van der Waals surface area contributed by atoms with Crippen molar-refractivity contribution in [1.29, 1.82) is 0 Å². The first kappa shape index (κ1) is 15.3. The lowest BCUT2D eigenvalue weighted by Gasteiger charge is -2.21. The molecule has 22 heavy (non-hydrogen) atoms. The van der Waals surface area contributed by atoms with Gasteiger partial charge in [-0.2, -0.15) is 13.2 Å². The minimum Gasteiger partial charge on any atom is -0.506 e. The topological polar surface area (TPSA) is 50.2 Å². The molecule has 1 unspecified atom stereocenters. The molecule has 1 N–H and O–H groups in total. The molecule has 1 aromatic heterocycles. The summed E-state index contributed by atoms with van der Waals surface area (Å²) in [5.41, 5.74) is 0.952. The zero-order chi connectivity index (χ0) is 16.1. The third kappa shape index (κ3) is 2.59. The van der Waals surface area contributed by atoms with Gasteiger partial charge >= 0.3 is 6.18 Å². The van der Waals surface area contributed by atoms with Gasteiger partial charge in [-0.15, -0.1) is 11.3 Å². The summed E-state index contributed by atoms with van der Waals surface area (Å²) in [4.78, 5) is 16.3. The number of aryl methyl sites for hydroxylation is 1. The first-order chi connectivity index (χ1) is 10.3. The number of hydrogen-bond acceptors (Lipinski definition) is 4. The average Bonchev–Trinajstić information content (AvgIpc) is 2.86. The Morgan fingerprint density at radius 3 is 2.73 bits per heavy atom. The number of ketones is 1. The van der Waals surface area contributed by atoms with Gasteiger partial charge in [0, 0.05) is 5.56 Å². The number of aromatic hydroxyl groups is 1. The first-order valence-corrected chi connectivity index (χ1v) is 7.56. The molecular weight excluding hydrogens is 339 g/mol. The number of fused-ring (bicyclic) bond motifs is 1. The Hall–Kier alpha value is -1.60. The second-order valence-corrected chi connectivity index (χ2v) is 6.36. The number of Topliss-reactive ketones (excluding diaryl/α,β-unsaturated/α-hetero) is 1. The Morgan fingerprint density at radius 1 is 1.36 bits per heavy atom. The predicted molar refractivity (Wildman–Crippen MR) is 76.4 cm³/mol. The van der Waals surface area contributed by atoms with E-state index in [9.17, 15) is 23.1 Å². The second kappa shape index (κ2) is 5.24. The monoisotopic (exact) mass is 347 g/mol. The van der Waals surface area contributed by atoms with Crippen LogP contribution in [-0.4, -0.2) is 22.1 Å². The van der Waals surface area contributed by atoms with E-state index in [2.05, 4.69) is 4.98 Å². The molecule has 0 fully saturated rings. The van der Waals surface area contributed by atoms with Crippen molar-refractivity contribution in [3.05, 3.63) is 33.8 Å². The third-order valence-electron chi connectivity index (χ3n) is 3.50. The molecule has 0 saturated heterocycles. The van der Waals surface area contributed by atoms with Gasteiger partial charge in [0.1, 0.15) is 16.7 Å². The van der Waals surface area contributed by atoms with Crippen molar-refractivity contribution < 1.29 is 23.1 Å². The summed E-state index contributed by atoms with van der Waals surface area (Å²) in [6.45, 7) is 0. The molecule has 3 nitrogen and oxygen atoms in total. The Balaban J connectivity index is 2.00. The molecular formula is C14H9ClF3NO2S. The van der Waals surface area contributed by atoms with Crippen molar-refractivity contribution in [2.75, 3.05) is 0 Å². The summed E-state index contributed by atoms with van der Waals surface area (Å²) in [5.74, 6) is -2.96. The summed E-state index contributed by atoms with van der Waals surface area (Å²) in [6, 6.07) is 4.39. The molecule has 0 saturated carbocycles. The summed E-state index contributed by atoms with van der Waals surface area (Å²) in [5, 5.41) is 9.93. The fraction of sp³-hybridized carbons (Fsp3) is 0.286. The number of alkyl halides is 3. The van der Waals surface area contributed by atoms with Crippen LogP contribution in [0.4, 0.5) is 13.2 Å². The molecule has 1 aromatic carbocycles. The Kier molecular flexibility index (Phi) is 3.65. The van der Waals surface area contributed by atoms with E-state index in [1.165, 1.54) is 12.1 Å². The number of phenols is 1. The van der Waals surface area contributed by atoms with E-state index in [1.54, 1.807) is 6.07 Å². The molecule has 0 amide bonds. The number of thiazole rings is 1. The highest BCUT2D eigenvalue weighted by Crippen LogP contribution is 2.41. The maximum absolute atomic E-state index is 12.8. The minimum atomic E-state index is -4.53. The van der Waals surface area contributed by atoms with Gasteiger partial charge in [-0.05, 0) is 31.0 Å². The molecule has 2 aromatic rings. The van der Waals surface area contributed by atoms with Crippen LogP contribution >= 0.6 is 22.9 Å². The molecule has 0 aliphatic heterocycles. The third-order valence-corrected chi connectivity index (χ3v) is 4.96. The molecule has 8 heteroatoms. The van der Waals surface area contributed by atoms with Crippen LogP contribution in [0.1, 0.15) is 21.8 Å². The molecule has 3 rings (SSSR count). The number of benzene rings is 1. The molecule has 116 valence electrons. The van der Waals surface area contributed by atoms with Gasteiger partial charge in [0.25, 0.3) is 0 Å². The summed E-state index contributed by atoms with van der Waals surface area (Å²) in [6.07, 6.45) is -4.68. The van der Waals surface area contributed by atoms with Crippen LogP contribution in [0, 0.1) is 5.92 Å². The van der Waals surface area contributed by atoms with Crippen LogP contribution in [0.15, 0.2) is 18.2 Å². The normalized spacial score (nSPS) is 18.4. The van der Waals surface area contributed by atoms with Gasteiger partial charge in [-0.3, -0.25) is 4.79 Å². The van der Waals surface area contributed by atoms with E-state index >= 15 is 0 Å². The van der Waals surface area contributed by atoms with E-state index < -0.39 is 17.9 Å². The summed E-state index contributed by atoms with van der Waals surface area (Å²) < 4.78 is 38.5. The van der Waals surface area contributed by atoms with Crippen molar-refractivity contribution in [2.24, 2.45) is 5.92 Å². The van der Waals surface area contributed by atoms with E-state index in [0.717, 1.165) is 11.3 Å². The van der Waals surface area contributed by atoms with Crippen LogP contribution in [0.2, 0.25) is 5.02 Å². The lowest BCUT2D eigenvalue weighted by Crippen LogP contribution is -2.34. The number of halogens is 4. The number of nitrogens with zero attached hydrogens (tertiary/aromatic N) is 1. The molecule has 0 bridgehead atoms. The Morgan fingerprint density at radius 2 is 2.09 bits per heavy atom. The highest BCUT2D eigenvalue weighted by atomic mass is 35.5. The van der Waals surface area contributed by atoms with E-state index in [0.29, 0.717) is 16.3 Å². The smallest absolute Gasteiger partial charge is 0.399 e. The van der Waals surface area contributed by atoms with Gasteiger partial charge in [0.05, 0.1) is 15.6 Å². The van der Waals surface area contributed by atoms with Crippen molar-refractivity contribution >= 4 is 28.7 Å². The lowest BCUT2D eigenvalue weighted by atomic mass is 9.89. The maximum atomic E-state index is 12.8. The van der Waals surface area contributed by atoms with Gasteiger partial charge in [-0.1, -0.05) is 11.6 Å². The zero-order valence-electron chi connectivity index (χ0n) is 10.9. The highest BCUT2D eigenvalue weighted by Gasteiger charge is 2.48. The number of rotatable bonds is 1. The van der Waals surface area contributed by atoms with Crippen molar-refractivity contribution in [1.82, 2.24) is 4.98 Å². The Labute approximate surface area is 132 Å². The number of carbonyl (C=O) groups excluding carboxylic acids is 1. The SMILES string of the molecule is O=C1c2sc(-c3ccc(O)c(Cl)c3)nc2CCC1C(F)(F)F. The largest absolute Gasteiger partial charge is 0.506 e. The molecule has 1 aliphatic carbocycles. The summed E-state index contributed by atoms with van der Waals surface area (Å²) in [7, 11) is 0. The molecule has 1 heterocycles. The first-order valence-electron chi connectivity index (χ1n) is 6.37. The fourth-order valence-corrected chi connectivity index (χ4v) is 3.64. The second-order valence-electron chi connectivity index (χ2n) is 4.96. The predicted octanol–water partition coefficient (Wildman–Crippen LogP) is 4.48. The van der Waals surface area contributed by atoms with Crippen LogP contribution in [0.3, 0.4) is 0 Å². The number of phenolic OH excluding ortho intramolecular Hbond substituents is 1. The quantitative estimate of drug-likeness (QED) is 0.827. The van der Waals surface area contributed by atoms with E-state index in [-0.39, 0.29) is 28.5 Å². The number of aromatic nitrogens is 1. The molecule has 0 spiro atoms. The van der Waals surface area contributed by atoms with Crippen molar-refractivity contribution in [3.8, 4) is 16.3 Å². The summed E-state index contributed by atoms with van der Waals surface area (Å²) >= 11 is 6.74. The molecule has 1 atom stereocenters. The highest BCUT2D eigenvalue weighted by molar-refractivity contribution is 7.17. The van der Waals surface area contributed by atoms with E-state index in [1.807, 2.05) is 0 Å². The van der Waals surface area contributed by atoms with Crippen molar-refractivity contribution in [3.63, 3.8) is 0 Å². The standard InChI is InChI=1S/C14H9ClF3NO2S/c15-8-5-6(1-4-10(8)20)13-19-9-3-2-7(14(16,17)18)11(21)12(9)22-13/h1,4-5,7,20H,2-3H2. The number of hydrogen-bond donors (Lipinski definition) is 1. The van der Waals surface area contributed by atoms with Gasteiger partial charge < -0.3 is 5.11 Å².